The van der Waals surface area contributed by atoms with Gasteiger partial charge in [0.2, 0.25) is 0 Å². The monoisotopic (exact) mass is 290 g/mol. The average molecular weight is 290 g/mol. The summed E-state index contributed by atoms with van der Waals surface area (Å²) < 4.78 is 21.0. The molecule has 0 saturated carbocycles. The zero-order valence-electron chi connectivity index (χ0n) is 10.6. The van der Waals surface area contributed by atoms with Crippen molar-refractivity contribution in [1.29, 1.82) is 0 Å². The van der Waals surface area contributed by atoms with Crippen LogP contribution in [0, 0.1) is 10.6 Å². The van der Waals surface area contributed by atoms with Crippen LogP contribution in [0.15, 0.2) is 30.7 Å². The summed E-state index contributed by atoms with van der Waals surface area (Å²) >= 11 is 5.28. The topological polar surface area (TPSA) is 55.7 Å². The van der Waals surface area contributed by atoms with Crippen LogP contribution in [0.5, 0.6) is 5.75 Å². The second-order valence-corrected chi connectivity index (χ2v) is 4.61. The highest BCUT2D eigenvalue weighted by Gasteiger charge is 2.11. The fourth-order valence-electron chi connectivity index (χ4n) is 2.05. The predicted octanol–water partition coefficient (Wildman–Crippen LogP) is 2.68. The van der Waals surface area contributed by atoms with Crippen molar-refractivity contribution in [3.05, 3.63) is 47.0 Å². The summed E-state index contributed by atoms with van der Waals surface area (Å²) in [6.45, 7) is 0.482. The number of nitrogens with zero attached hydrogens (tertiary/aromatic N) is 3. The lowest BCUT2D eigenvalue weighted by Crippen LogP contribution is -2.02. The van der Waals surface area contributed by atoms with E-state index in [2.05, 4.69) is 15.0 Å². The summed E-state index contributed by atoms with van der Waals surface area (Å²) in [5, 5.41) is 0. The van der Waals surface area contributed by atoms with Crippen LogP contribution >= 0.6 is 12.2 Å². The van der Waals surface area contributed by atoms with Crippen LogP contribution in [0.2, 0.25) is 0 Å². The Hall–Kier alpha value is -2.28. The molecule has 1 N–H and O–H groups in total. The van der Waals surface area contributed by atoms with E-state index in [1.165, 1.54) is 19.5 Å². The summed E-state index contributed by atoms with van der Waals surface area (Å²) in [6.07, 6.45) is 3.15. The zero-order valence-corrected chi connectivity index (χ0v) is 11.4. The first kappa shape index (κ1) is 12.7. The van der Waals surface area contributed by atoms with Crippen molar-refractivity contribution in [2.75, 3.05) is 7.11 Å². The van der Waals surface area contributed by atoms with Gasteiger partial charge >= 0.3 is 0 Å². The molecule has 0 bridgehead atoms. The van der Waals surface area contributed by atoms with Gasteiger partial charge < -0.3 is 14.3 Å². The Kier molecular flexibility index (Phi) is 3.19. The Morgan fingerprint density at radius 3 is 3.00 bits per heavy atom. The smallest absolute Gasteiger partial charge is 0.178 e. The number of rotatable bonds is 3. The van der Waals surface area contributed by atoms with E-state index in [0.29, 0.717) is 16.8 Å². The van der Waals surface area contributed by atoms with Gasteiger partial charge in [-0.1, -0.05) is 0 Å². The Bertz CT molecular complexity index is 812. The number of ether oxygens (including phenoxy) is 1. The lowest BCUT2D eigenvalue weighted by atomic mass is 10.2. The van der Waals surface area contributed by atoms with Gasteiger partial charge in [-0.15, -0.1) is 0 Å². The van der Waals surface area contributed by atoms with Crippen molar-refractivity contribution in [1.82, 2.24) is 19.5 Å². The van der Waals surface area contributed by atoms with E-state index in [-0.39, 0.29) is 5.75 Å². The molecule has 0 aliphatic heterocycles. The van der Waals surface area contributed by atoms with E-state index in [4.69, 9.17) is 17.0 Å². The minimum atomic E-state index is -0.426. The molecule has 0 atom stereocenters. The molecule has 0 unspecified atom stereocenters. The Balaban J connectivity index is 2.15. The first-order chi connectivity index (χ1) is 9.69. The number of halogens is 1. The number of hydrogen-bond donors (Lipinski definition) is 1. The maximum atomic E-state index is 13.7. The number of nitrogens with one attached hydrogen (secondary N) is 1. The molecule has 0 saturated heterocycles. The van der Waals surface area contributed by atoms with Crippen LogP contribution in [-0.4, -0.2) is 26.6 Å². The van der Waals surface area contributed by atoms with Crippen LogP contribution in [0.3, 0.4) is 0 Å². The molecular weight excluding hydrogens is 279 g/mol. The largest absolute Gasteiger partial charge is 0.494 e. The maximum absolute atomic E-state index is 13.7. The van der Waals surface area contributed by atoms with Gasteiger partial charge in [0, 0.05) is 18.3 Å². The van der Waals surface area contributed by atoms with Gasteiger partial charge in [-0.3, -0.25) is 0 Å². The number of aromatic amines is 1. The molecule has 0 radical (unpaired) electrons. The Morgan fingerprint density at radius 2 is 2.30 bits per heavy atom. The molecule has 0 spiro atoms. The summed E-state index contributed by atoms with van der Waals surface area (Å²) in [5.74, 6) is -0.242. The third kappa shape index (κ3) is 2.16. The predicted molar refractivity (Wildman–Crippen MR) is 74.8 cm³/mol. The van der Waals surface area contributed by atoms with Crippen LogP contribution in [-0.2, 0) is 6.54 Å². The van der Waals surface area contributed by atoms with Gasteiger partial charge in [-0.25, -0.2) is 14.4 Å². The van der Waals surface area contributed by atoms with E-state index in [9.17, 15) is 4.39 Å². The van der Waals surface area contributed by atoms with Crippen molar-refractivity contribution in [3.8, 4) is 5.75 Å². The molecule has 1 aromatic carbocycles. The van der Waals surface area contributed by atoms with Gasteiger partial charge in [0.15, 0.2) is 16.3 Å². The van der Waals surface area contributed by atoms with E-state index in [0.717, 1.165) is 11.2 Å². The number of imidazole rings is 1. The van der Waals surface area contributed by atoms with Gasteiger partial charge in [-0.2, -0.15) is 0 Å². The highest BCUT2D eigenvalue weighted by atomic mass is 32.1. The normalized spacial score (nSPS) is 10.9. The second-order valence-electron chi connectivity index (χ2n) is 4.22. The quantitative estimate of drug-likeness (QED) is 0.754. The van der Waals surface area contributed by atoms with E-state index in [1.807, 2.05) is 4.57 Å². The summed E-state index contributed by atoms with van der Waals surface area (Å²) in [4.78, 5) is 11.0. The van der Waals surface area contributed by atoms with Gasteiger partial charge in [0.1, 0.15) is 6.33 Å². The molecule has 2 aromatic heterocycles. The van der Waals surface area contributed by atoms with Crippen LogP contribution < -0.4 is 4.74 Å². The molecule has 3 aromatic rings. The standard InChI is InChI=1S/C13H11FN4OS/c1-19-12-5-11-10(4-9(12)14)17-13(20)18(11)6-8-2-3-15-7-16-8/h2-5,7H,6H2,1H3,(H,17,20). The highest BCUT2D eigenvalue weighted by Crippen LogP contribution is 2.24. The third-order valence-corrected chi connectivity index (χ3v) is 3.33. The van der Waals surface area contributed by atoms with Crippen molar-refractivity contribution >= 4 is 23.3 Å². The molecule has 7 heteroatoms. The van der Waals surface area contributed by atoms with Gasteiger partial charge in [0.25, 0.3) is 0 Å². The van der Waals surface area contributed by atoms with Gasteiger partial charge in [0.05, 0.1) is 30.4 Å². The zero-order chi connectivity index (χ0) is 14.1. The summed E-state index contributed by atoms with van der Waals surface area (Å²) in [6, 6.07) is 4.81. The molecule has 2 heterocycles. The number of aromatic nitrogens is 4. The molecule has 3 rings (SSSR count). The minimum absolute atomic E-state index is 0.183. The molecule has 5 nitrogen and oxygen atoms in total. The molecular formula is C13H11FN4OS. The third-order valence-electron chi connectivity index (χ3n) is 3.01. The Morgan fingerprint density at radius 1 is 1.45 bits per heavy atom. The maximum Gasteiger partial charge on any atom is 0.178 e. The highest BCUT2D eigenvalue weighted by molar-refractivity contribution is 7.71. The summed E-state index contributed by atoms with van der Waals surface area (Å²) in [5.41, 5.74) is 2.22. The van der Waals surface area contributed by atoms with Crippen molar-refractivity contribution in [2.24, 2.45) is 0 Å². The van der Waals surface area contributed by atoms with E-state index < -0.39 is 5.82 Å². The minimum Gasteiger partial charge on any atom is -0.494 e. The molecule has 102 valence electrons. The molecule has 0 aliphatic carbocycles. The lowest BCUT2D eigenvalue weighted by molar-refractivity contribution is 0.387. The first-order valence-corrected chi connectivity index (χ1v) is 6.31. The summed E-state index contributed by atoms with van der Waals surface area (Å²) in [7, 11) is 1.43. The SMILES string of the molecule is COc1cc2c(cc1F)[nH]c(=S)n2Cc1ccncn1. The first-order valence-electron chi connectivity index (χ1n) is 5.90. The molecule has 20 heavy (non-hydrogen) atoms. The van der Waals surface area contributed by atoms with E-state index >= 15 is 0 Å². The fraction of sp³-hybridized carbons (Fsp3) is 0.154. The van der Waals surface area contributed by atoms with Crippen molar-refractivity contribution in [2.45, 2.75) is 6.54 Å². The van der Waals surface area contributed by atoms with Crippen LogP contribution in [0.25, 0.3) is 11.0 Å². The van der Waals surface area contributed by atoms with E-state index in [1.54, 1.807) is 18.3 Å². The fourth-order valence-corrected chi connectivity index (χ4v) is 2.32. The van der Waals surface area contributed by atoms with Gasteiger partial charge in [-0.05, 0) is 18.3 Å². The molecule has 0 aliphatic rings. The van der Waals surface area contributed by atoms with Crippen molar-refractivity contribution in [3.63, 3.8) is 0 Å². The number of H-pyrrole nitrogens is 1. The molecule has 0 fully saturated rings. The van der Waals surface area contributed by atoms with Crippen molar-refractivity contribution < 1.29 is 9.13 Å². The van der Waals surface area contributed by atoms with Crippen LogP contribution in [0.4, 0.5) is 4.39 Å². The number of benzene rings is 1. The number of hydrogen-bond acceptors (Lipinski definition) is 4. The van der Waals surface area contributed by atoms with Crippen LogP contribution in [0.1, 0.15) is 5.69 Å². The lowest BCUT2D eigenvalue weighted by Gasteiger charge is -2.06. The number of methoxy groups -OCH3 is 1. The molecule has 0 amide bonds. The average Bonchev–Trinajstić information content (AvgIpc) is 2.74. The second kappa shape index (κ2) is 5.01. The number of fused-ring (bicyclic) bond motifs is 1. The Labute approximate surface area is 119 Å².